The van der Waals surface area contributed by atoms with Gasteiger partial charge >= 0.3 is 0 Å². The predicted molar refractivity (Wildman–Crippen MR) is 106 cm³/mol. The van der Waals surface area contributed by atoms with E-state index in [9.17, 15) is 14.4 Å². The van der Waals surface area contributed by atoms with E-state index in [0.29, 0.717) is 17.9 Å². The Morgan fingerprint density at radius 2 is 1.59 bits per heavy atom. The van der Waals surface area contributed by atoms with Crippen molar-refractivity contribution in [3.8, 4) is 0 Å². The number of nitrogens with one attached hydrogen (secondary N) is 2. The summed E-state index contributed by atoms with van der Waals surface area (Å²) in [7, 11) is 0. The fourth-order valence-electron chi connectivity index (χ4n) is 3.11. The van der Waals surface area contributed by atoms with Crippen LogP contribution in [0, 0.1) is 19.8 Å². The second-order valence-corrected chi connectivity index (χ2v) is 6.92. The van der Waals surface area contributed by atoms with Crippen LogP contribution in [-0.2, 0) is 14.4 Å². The van der Waals surface area contributed by atoms with E-state index in [-0.39, 0.29) is 24.1 Å². The van der Waals surface area contributed by atoms with Crippen LogP contribution in [0.3, 0.4) is 0 Å². The Labute approximate surface area is 158 Å². The average Bonchev–Trinajstić information content (AvgIpc) is 3.00. The Morgan fingerprint density at radius 3 is 2.19 bits per heavy atom. The summed E-state index contributed by atoms with van der Waals surface area (Å²) in [4.78, 5) is 37.7. The summed E-state index contributed by atoms with van der Waals surface area (Å²) in [6, 6.07) is 12.8. The number of nitrogens with zero attached hydrogens (tertiary/aromatic N) is 1. The highest BCUT2D eigenvalue weighted by molar-refractivity contribution is 6.03. The first kappa shape index (κ1) is 18.6. The summed E-state index contributed by atoms with van der Waals surface area (Å²) in [6.07, 6.45) is 0.197. The molecule has 1 unspecified atom stereocenters. The number of amides is 3. The van der Waals surface area contributed by atoms with Gasteiger partial charge in [-0.25, -0.2) is 0 Å². The van der Waals surface area contributed by atoms with Crippen molar-refractivity contribution < 1.29 is 14.4 Å². The third-order valence-electron chi connectivity index (χ3n) is 4.77. The van der Waals surface area contributed by atoms with Crippen molar-refractivity contribution in [2.24, 2.45) is 5.92 Å². The van der Waals surface area contributed by atoms with Crippen LogP contribution in [0.2, 0.25) is 0 Å². The summed E-state index contributed by atoms with van der Waals surface area (Å²) < 4.78 is 0. The van der Waals surface area contributed by atoms with Gasteiger partial charge in [-0.3, -0.25) is 14.4 Å². The Balaban J connectivity index is 1.65. The molecule has 1 heterocycles. The van der Waals surface area contributed by atoms with E-state index >= 15 is 0 Å². The van der Waals surface area contributed by atoms with Crippen LogP contribution in [-0.4, -0.2) is 24.3 Å². The molecule has 1 aliphatic heterocycles. The van der Waals surface area contributed by atoms with Crippen molar-refractivity contribution in [2.75, 3.05) is 22.1 Å². The van der Waals surface area contributed by atoms with E-state index in [1.807, 2.05) is 32.0 Å². The molecule has 2 N–H and O–H groups in total. The summed E-state index contributed by atoms with van der Waals surface area (Å²) in [6.45, 7) is 5.85. The molecule has 27 heavy (non-hydrogen) atoms. The smallest absolute Gasteiger partial charge is 0.229 e. The Bertz CT molecular complexity index is 890. The van der Waals surface area contributed by atoms with Crippen LogP contribution in [0.5, 0.6) is 0 Å². The molecule has 6 nitrogen and oxygen atoms in total. The average molecular weight is 365 g/mol. The van der Waals surface area contributed by atoms with Crippen molar-refractivity contribution >= 4 is 34.8 Å². The van der Waals surface area contributed by atoms with E-state index < -0.39 is 5.92 Å². The molecule has 1 saturated heterocycles. The topological polar surface area (TPSA) is 78.5 Å². The largest absolute Gasteiger partial charge is 0.326 e. The van der Waals surface area contributed by atoms with Gasteiger partial charge in [0.05, 0.1) is 5.92 Å². The van der Waals surface area contributed by atoms with Crippen molar-refractivity contribution in [3.63, 3.8) is 0 Å². The third kappa shape index (κ3) is 4.34. The zero-order chi connectivity index (χ0) is 19.6. The quantitative estimate of drug-likeness (QED) is 0.873. The minimum absolute atomic E-state index is 0.0422. The Kier molecular flexibility index (Phi) is 5.26. The van der Waals surface area contributed by atoms with Gasteiger partial charge in [0.15, 0.2) is 0 Å². The van der Waals surface area contributed by atoms with Gasteiger partial charge in [0.2, 0.25) is 17.7 Å². The van der Waals surface area contributed by atoms with E-state index in [4.69, 9.17) is 0 Å². The number of hydrogen-bond acceptors (Lipinski definition) is 3. The molecule has 3 amide bonds. The summed E-state index contributed by atoms with van der Waals surface area (Å²) >= 11 is 0. The lowest BCUT2D eigenvalue weighted by atomic mass is 10.1. The molecule has 0 spiro atoms. The van der Waals surface area contributed by atoms with Gasteiger partial charge in [-0.05, 0) is 61.4 Å². The molecule has 3 rings (SSSR count). The second kappa shape index (κ2) is 7.61. The SMILES string of the molecule is CC(=O)Nc1ccc(NC(=O)C2CC(=O)N(c3ccc(C)c(C)c3)C2)cc1. The summed E-state index contributed by atoms with van der Waals surface area (Å²) in [5, 5.41) is 5.52. The van der Waals surface area contributed by atoms with Gasteiger partial charge in [0, 0.05) is 37.0 Å². The molecule has 0 bridgehead atoms. The zero-order valence-electron chi connectivity index (χ0n) is 15.7. The molecule has 140 valence electrons. The van der Waals surface area contributed by atoms with Crippen LogP contribution in [0.4, 0.5) is 17.1 Å². The van der Waals surface area contributed by atoms with Crippen LogP contribution in [0.1, 0.15) is 24.5 Å². The van der Waals surface area contributed by atoms with Gasteiger partial charge in [0.25, 0.3) is 0 Å². The highest BCUT2D eigenvalue weighted by Gasteiger charge is 2.35. The van der Waals surface area contributed by atoms with Crippen molar-refractivity contribution in [1.82, 2.24) is 0 Å². The molecular weight excluding hydrogens is 342 g/mol. The lowest BCUT2D eigenvalue weighted by molar-refractivity contribution is -0.122. The molecular formula is C21H23N3O3. The van der Waals surface area contributed by atoms with E-state index in [0.717, 1.165) is 11.3 Å². The second-order valence-electron chi connectivity index (χ2n) is 6.92. The normalized spacial score (nSPS) is 16.3. The molecule has 0 aromatic heterocycles. The molecule has 2 aromatic carbocycles. The molecule has 0 saturated carbocycles. The minimum atomic E-state index is -0.394. The molecule has 1 atom stereocenters. The maximum absolute atomic E-state index is 12.6. The zero-order valence-corrected chi connectivity index (χ0v) is 15.7. The van der Waals surface area contributed by atoms with Gasteiger partial charge in [-0.1, -0.05) is 6.07 Å². The maximum Gasteiger partial charge on any atom is 0.229 e. The van der Waals surface area contributed by atoms with Gasteiger partial charge in [-0.15, -0.1) is 0 Å². The first-order valence-corrected chi connectivity index (χ1v) is 8.89. The molecule has 1 aliphatic rings. The van der Waals surface area contributed by atoms with Crippen LogP contribution in [0.15, 0.2) is 42.5 Å². The van der Waals surface area contributed by atoms with Crippen molar-refractivity contribution in [3.05, 3.63) is 53.6 Å². The summed E-state index contributed by atoms with van der Waals surface area (Å²) in [5.41, 5.74) is 4.41. The fraction of sp³-hybridized carbons (Fsp3) is 0.286. The Hall–Kier alpha value is -3.15. The lowest BCUT2D eigenvalue weighted by Gasteiger charge is -2.18. The standard InChI is InChI=1S/C21H23N3O3/c1-13-4-9-19(10-14(13)2)24-12-16(11-20(24)26)21(27)23-18-7-5-17(6-8-18)22-15(3)25/h4-10,16H,11-12H2,1-3H3,(H,22,25)(H,23,27). The number of benzene rings is 2. The van der Waals surface area contributed by atoms with Crippen molar-refractivity contribution in [2.45, 2.75) is 27.2 Å². The first-order chi connectivity index (χ1) is 12.8. The van der Waals surface area contributed by atoms with E-state index in [1.54, 1.807) is 29.2 Å². The van der Waals surface area contributed by atoms with Crippen LogP contribution < -0.4 is 15.5 Å². The highest BCUT2D eigenvalue weighted by atomic mass is 16.2. The molecule has 1 fully saturated rings. The lowest BCUT2D eigenvalue weighted by Crippen LogP contribution is -2.28. The van der Waals surface area contributed by atoms with Crippen LogP contribution >= 0.6 is 0 Å². The molecule has 2 aromatic rings. The number of carbonyl (C=O) groups is 3. The molecule has 0 radical (unpaired) electrons. The molecule has 0 aliphatic carbocycles. The first-order valence-electron chi connectivity index (χ1n) is 8.89. The number of rotatable bonds is 4. The van der Waals surface area contributed by atoms with E-state index in [1.165, 1.54) is 12.5 Å². The minimum Gasteiger partial charge on any atom is -0.326 e. The monoisotopic (exact) mass is 365 g/mol. The third-order valence-corrected chi connectivity index (χ3v) is 4.77. The van der Waals surface area contributed by atoms with Crippen molar-refractivity contribution in [1.29, 1.82) is 0 Å². The van der Waals surface area contributed by atoms with Gasteiger partial charge < -0.3 is 15.5 Å². The number of anilines is 3. The summed E-state index contributed by atoms with van der Waals surface area (Å²) in [5.74, 6) is -0.766. The number of aryl methyl sites for hydroxylation is 2. The highest BCUT2D eigenvalue weighted by Crippen LogP contribution is 2.27. The number of carbonyl (C=O) groups excluding carboxylic acids is 3. The van der Waals surface area contributed by atoms with Gasteiger partial charge in [0.1, 0.15) is 0 Å². The van der Waals surface area contributed by atoms with Gasteiger partial charge in [-0.2, -0.15) is 0 Å². The maximum atomic E-state index is 12.6. The van der Waals surface area contributed by atoms with E-state index in [2.05, 4.69) is 10.6 Å². The molecule has 6 heteroatoms. The Morgan fingerprint density at radius 1 is 0.963 bits per heavy atom. The van der Waals surface area contributed by atoms with Crippen LogP contribution in [0.25, 0.3) is 0 Å². The predicted octanol–water partition coefficient (Wildman–Crippen LogP) is 3.25. The fourth-order valence-corrected chi connectivity index (χ4v) is 3.11. The number of hydrogen-bond donors (Lipinski definition) is 2.